The molecular formula is C18H23N3O3. The van der Waals surface area contributed by atoms with Crippen LogP contribution < -0.4 is 5.32 Å². The number of hydrogen-bond acceptors (Lipinski definition) is 3. The summed E-state index contributed by atoms with van der Waals surface area (Å²) in [5.41, 5.74) is 1.64. The first-order valence-electron chi connectivity index (χ1n) is 8.35. The number of nitrogens with one attached hydrogen (secondary N) is 2. The molecule has 1 fully saturated rings. The minimum absolute atomic E-state index is 0.0462. The first kappa shape index (κ1) is 16.5. The van der Waals surface area contributed by atoms with Gasteiger partial charge in [-0.25, -0.2) is 0 Å². The zero-order chi connectivity index (χ0) is 16.9. The van der Waals surface area contributed by atoms with E-state index in [2.05, 4.69) is 10.3 Å². The van der Waals surface area contributed by atoms with Gasteiger partial charge in [-0.05, 0) is 37.1 Å². The number of aromatic nitrogens is 1. The molecule has 2 heterocycles. The molecule has 2 N–H and O–H groups in total. The molecule has 0 unspecified atom stereocenters. The SMILES string of the molecule is CC(=O)N(CCNC(=O)c1ccc2[nH]ccc2c1)C1CCOCC1. The predicted octanol–water partition coefficient (Wildman–Crippen LogP) is 1.93. The van der Waals surface area contributed by atoms with Gasteiger partial charge >= 0.3 is 0 Å². The van der Waals surface area contributed by atoms with Gasteiger partial charge in [-0.1, -0.05) is 0 Å². The van der Waals surface area contributed by atoms with Gasteiger partial charge in [0, 0.05) is 61.9 Å². The van der Waals surface area contributed by atoms with Gasteiger partial charge in [0.25, 0.3) is 5.91 Å². The summed E-state index contributed by atoms with van der Waals surface area (Å²) in [6.45, 7) is 3.94. The maximum atomic E-state index is 12.3. The predicted molar refractivity (Wildman–Crippen MR) is 91.9 cm³/mol. The van der Waals surface area contributed by atoms with E-state index in [4.69, 9.17) is 4.74 Å². The van der Waals surface area contributed by atoms with Gasteiger partial charge in [-0.15, -0.1) is 0 Å². The highest BCUT2D eigenvalue weighted by Gasteiger charge is 2.23. The molecule has 1 aliphatic heterocycles. The third kappa shape index (κ3) is 3.76. The van der Waals surface area contributed by atoms with Crippen LogP contribution in [0.2, 0.25) is 0 Å². The number of rotatable bonds is 5. The number of carbonyl (C=O) groups is 2. The molecule has 0 radical (unpaired) electrons. The summed E-state index contributed by atoms with van der Waals surface area (Å²) < 4.78 is 5.35. The van der Waals surface area contributed by atoms with E-state index in [1.165, 1.54) is 0 Å². The molecule has 128 valence electrons. The molecule has 1 aliphatic rings. The van der Waals surface area contributed by atoms with Crippen molar-refractivity contribution in [1.82, 2.24) is 15.2 Å². The maximum absolute atomic E-state index is 12.3. The van der Waals surface area contributed by atoms with Crippen molar-refractivity contribution >= 4 is 22.7 Å². The van der Waals surface area contributed by atoms with Crippen LogP contribution in [0.1, 0.15) is 30.1 Å². The van der Waals surface area contributed by atoms with Crippen LogP contribution in [-0.2, 0) is 9.53 Å². The van der Waals surface area contributed by atoms with Crippen LogP contribution in [0.3, 0.4) is 0 Å². The molecule has 2 amide bonds. The number of H-pyrrole nitrogens is 1. The lowest BCUT2D eigenvalue weighted by Gasteiger charge is -2.33. The molecule has 0 atom stereocenters. The zero-order valence-corrected chi connectivity index (χ0v) is 13.9. The van der Waals surface area contributed by atoms with Gasteiger partial charge in [-0.3, -0.25) is 9.59 Å². The van der Waals surface area contributed by atoms with Crippen LogP contribution in [0.25, 0.3) is 10.9 Å². The van der Waals surface area contributed by atoms with E-state index < -0.39 is 0 Å². The third-order valence-electron chi connectivity index (χ3n) is 4.49. The normalized spacial score (nSPS) is 15.4. The van der Waals surface area contributed by atoms with E-state index in [9.17, 15) is 9.59 Å². The smallest absolute Gasteiger partial charge is 0.251 e. The van der Waals surface area contributed by atoms with Crippen molar-refractivity contribution in [2.45, 2.75) is 25.8 Å². The molecule has 1 aromatic carbocycles. The van der Waals surface area contributed by atoms with Crippen molar-refractivity contribution in [2.75, 3.05) is 26.3 Å². The first-order chi connectivity index (χ1) is 11.6. The molecule has 1 aromatic heterocycles. The van der Waals surface area contributed by atoms with E-state index >= 15 is 0 Å². The lowest BCUT2D eigenvalue weighted by molar-refractivity contribution is -0.132. The van der Waals surface area contributed by atoms with Gasteiger partial charge in [0.1, 0.15) is 0 Å². The van der Waals surface area contributed by atoms with Gasteiger partial charge in [-0.2, -0.15) is 0 Å². The topological polar surface area (TPSA) is 74.4 Å². The highest BCUT2D eigenvalue weighted by molar-refractivity contribution is 5.98. The molecule has 6 nitrogen and oxygen atoms in total. The van der Waals surface area contributed by atoms with Crippen LogP contribution in [0.5, 0.6) is 0 Å². The van der Waals surface area contributed by atoms with E-state index in [1.807, 2.05) is 29.3 Å². The number of carbonyl (C=O) groups excluding carboxylic acids is 2. The van der Waals surface area contributed by atoms with E-state index in [0.29, 0.717) is 31.9 Å². The summed E-state index contributed by atoms with van der Waals surface area (Å²) in [5.74, 6) is -0.0709. The summed E-state index contributed by atoms with van der Waals surface area (Å²) in [7, 11) is 0. The lowest BCUT2D eigenvalue weighted by atomic mass is 10.1. The highest BCUT2D eigenvalue weighted by Crippen LogP contribution is 2.15. The number of nitrogens with zero attached hydrogens (tertiary/aromatic N) is 1. The second-order valence-electron chi connectivity index (χ2n) is 6.09. The Morgan fingerprint density at radius 2 is 2.08 bits per heavy atom. The number of fused-ring (bicyclic) bond motifs is 1. The number of aromatic amines is 1. The van der Waals surface area contributed by atoms with E-state index in [-0.39, 0.29) is 17.9 Å². The Morgan fingerprint density at radius 3 is 2.83 bits per heavy atom. The second kappa shape index (κ2) is 7.49. The Morgan fingerprint density at radius 1 is 1.29 bits per heavy atom. The van der Waals surface area contributed by atoms with Crippen LogP contribution in [-0.4, -0.2) is 54.0 Å². The molecule has 1 saturated heterocycles. The fourth-order valence-electron chi connectivity index (χ4n) is 3.18. The summed E-state index contributed by atoms with van der Waals surface area (Å²) in [6, 6.07) is 7.71. The fourth-order valence-corrected chi connectivity index (χ4v) is 3.18. The standard InChI is InChI=1S/C18H23N3O3/c1-13(22)21(16-5-10-24-11-6-16)9-8-20-18(23)15-2-3-17-14(12-15)4-7-19-17/h2-4,7,12,16,19H,5-6,8-11H2,1H3,(H,20,23). The molecule has 0 bridgehead atoms. The average molecular weight is 329 g/mol. The number of hydrogen-bond donors (Lipinski definition) is 2. The third-order valence-corrected chi connectivity index (χ3v) is 4.49. The maximum Gasteiger partial charge on any atom is 0.251 e. The second-order valence-corrected chi connectivity index (χ2v) is 6.09. The summed E-state index contributed by atoms with van der Waals surface area (Å²) >= 11 is 0. The fraction of sp³-hybridized carbons (Fsp3) is 0.444. The van der Waals surface area contributed by atoms with Crippen molar-refractivity contribution in [3.8, 4) is 0 Å². The molecule has 24 heavy (non-hydrogen) atoms. The molecule has 0 saturated carbocycles. The van der Waals surface area contributed by atoms with Gasteiger partial charge in [0.05, 0.1) is 0 Å². The monoisotopic (exact) mass is 329 g/mol. The van der Waals surface area contributed by atoms with Crippen molar-refractivity contribution in [2.24, 2.45) is 0 Å². The molecular weight excluding hydrogens is 306 g/mol. The molecule has 6 heteroatoms. The van der Waals surface area contributed by atoms with E-state index in [0.717, 1.165) is 23.7 Å². The number of benzene rings is 1. The van der Waals surface area contributed by atoms with Crippen molar-refractivity contribution in [3.63, 3.8) is 0 Å². The van der Waals surface area contributed by atoms with Crippen molar-refractivity contribution in [1.29, 1.82) is 0 Å². The van der Waals surface area contributed by atoms with Crippen LogP contribution >= 0.6 is 0 Å². The Hall–Kier alpha value is -2.34. The molecule has 0 aliphatic carbocycles. The molecule has 3 rings (SSSR count). The molecule has 0 spiro atoms. The van der Waals surface area contributed by atoms with Gasteiger partial charge < -0.3 is 19.9 Å². The number of amides is 2. The van der Waals surface area contributed by atoms with Gasteiger partial charge in [0.15, 0.2) is 0 Å². The van der Waals surface area contributed by atoms with Crippen molar-refractivity contribution < 1.29 is 14.3 Å². The largest absolute Gasteiger partial charge is 0.381 e. The Balaban J connectivity index is 1.55. The zero-order valence-electron chi connectivity index (χ0n) is 13.9. The van der Waals surface area contributed by atoms with Crippen LogP contribution in [0.4, 0.5) is 0 Å². The van der Waals surface area contributed by atoms with Crippen molar-refractivity contribution in [3.05, 3.63) is 36.0 Å². The number of ether oxygens (including phenoxy) is 1. The quantitative estimate of drug-likeness (QED) is 0.880. The Kier molecular flexibility index (Phi) is 5.15. The minimum Gasteiger partial charge on any atom is -0.381 e. The van der Waals surface area contributed by atoms with Crippen LogP contribution in [0.15, 0.2) is 30.5 Å². The summed E-state index contributed by atoms with van der Waals surface area (Å²) in [4.78, 5) is 29.1. The molecule has 2 aromatic rings. The summed E-state index contributed by atoms with van der Waals surface area (Å²) in [6.07, 6.45) is 3.57. The van der Waals surface area contributed by atoms with Gasteiger partial charge in [0.2, 0.25) is 5.91 Å². The first-order valence-corrected chi connectivity index (χ1v) is 8.35. The lowest BCUT2D eigenvalue weighted by Crippen LogP contribution is -2.46. The summed E-state index contributed by atoms with van der Waals surface area (Å²) in [5, 5.41) is 3.92. The van der Waals surface area contributed by atoms with E-state index in [1.54, 1.807) is 13.0 Å². The Labute approximate surface area is 141 Å². The Bertz CT molecular complexity index is 719. The van der Waals surface area contributed by atoms with Crippen LogP contribution in [0, 0.1) is 0 Å². The minimum atomic E-state index is -0.117. The average Bonchev–Trinajstić information content (AvgIpc) is 3.06. The highest BCUT2D eigenvalue weighted by atomic mass is 16.5.